The van der Waals surface area contributed by atoms with Crippen LogP contribution in [0.4, 0.5) is 0 Å². The number of nitrogens with two attached hydrogens (primary N) is 3. The van der Waals surface area contributed by atoms with Crippen molar-refractivity contribution in [1.82, 2.24) is 0 Å². The second-order valence-electron chi connectivity index (χ2n) is 3.71. The van der Waals surface area contributed by atoms with Gasteiger partial charge in [-0.3, -0.25) is 0 Å². The van der Waals surface area contributed by atoms with Crippen molar-refractivity contribution >= 4 is 25.2 Å². The Kier molecular flexibility index (Phi) is 0.588. The summed E-state index contributed by atoms with van der Waals surface area (Å²) in [4.78, 5) is 0. The molecule has 2 unspecified atom stereocenters. The van der Waals surface area contributed by atoms with Crippen molar-refractivity contribution in [1.29, 1.82) is 0 Å². The summed E-state index contributed by atoms with van der Waals surface area (Å²) in [6.07, 6.45) is 1.06. The van der Waals surface area contributed by atoms with Crippen molar-refractivity contribution in [2.24, 2.45) is 22.6 Å². The lowest BCUT2D eigenvalue weighted by Crippen LogP contribution is -2.53. The maximum Gasteiger partial charge on any atom is 0.0899 e. The normalized spacial score (nSPS) is 71.9. The summed E-state index contributed by atoms with van der Waals surface area (Å²) < 4.78 is 4.11. The second kappa shape index (κ2) is 0.972. The van der Waals surface area contributed by atoms with Gasteiger partial charge in [0.05, 0.1) is 9.08 Å². The molecule has 0 aromatic carbocycles. The van der Waals surface area contributed by atoms with Crippen LogP contribution in [-0.2, 0) is 0 Å². The van der Waals surface area contributed by atoms with E-state index in [1.807, 2.05) is 0 Å². The van der Waals surface area contributed by atoms with Crippen molar-refractivity contribution in [2.45, 2.75) is 21.0 Å². The summed E-state index contributed by atoms with van der Waals surface area (Å²) in [7, 11) is 0. The highest BCUT2D eigenvalue weighted by Crippen LogP contribution is 3.07. The Balaban J connectivity index is 2.14. The minimum absolute atomic E-state index is 0.0680. The highest BCUT2D eigenvalue weighted by molar-refractivity contribution is 14.2. The molecule has 0 bridgehead atoms. The first kappa shape index (κ1) is 6.05. The van der Waals surface area contributed by atoms with Crippen molar-refractivity contribution in [3.8, 4) is 0 Å². The van der Waals surface area contributed by atoms with Gasteiger partial charge in [-0.15, -0.1) is 20.7 Å². The molecule has 6 N–H and O–H groups in total. The fraction of sp³-hybridized carbons (Fsp3) is 0.833. The topological polar surface area (TPSA) is 78.1 Å². The predicted molar refractivity (Wildman–Crippen MR) is 48.9 cm³/mol. The third kappa shape index (κ3) is 0.202. The van der Waals surface area contributed by atoms with Gasteiger partial charge in [-0.05, 0) is 6.42 Å². The van der Waals surface area contributed by atoms with E-state index in [0.29, 0.717) is 0 Å². The molecule has 3 saturated carbocycles. The molecular weight excluding hydrogens is 241 g/mol. The van der Waals surface area contributed by atoms with E-state index in [1.165, 1.54) is 0 Å². The lowest BCUT2D eigenvalue weighted by molar-refractivity contribution is 0.502. The highest BCUT2D eigenvalue weighted by Gasteiger charge is 3.21. The average Bonchev–Trinajstić information content (AvgIpc) is 2.59. The van der Waals surface area contributed by atoms with Crippen LogP contribution in [0.3, 0.4) is 0 Å². The van der Waals surface area contributed by atoms with Gasteiger partial charge in [0.15, 0.2) is 0 Å². The van der Waals surface area contributed by atoms with E-state index in [9.17, 15) is 0 Å². The van der Waals surface area contributed by atoms with Gasteiger partial charge in [-0.1, -0.05) is 4.51 Å². The zero-order chi connectivity index (χ0) is 7.41. The van der Waals surface area contributed by atoms with Crippen LogP contribution in [0.25, 0.3) is 0 Å². The summed E-state index contributed by atoms with van der Waals surface area (Å²) in [6.45, 7) is 0. The minimum atomic E-state index is -0.413. The number of rotatable bonds is 1. The summed E-state index contributed by atoms with van der Waals surface area (Å²) in [6, 6.07) is 0. The molecule has 0 aromatic heterocycles. The Morgan fingerprint density at radius 1 is 1.30 bits per heavy atom. The lowest BCUT2D eigenvalue weighted by Gasteiger charge is -2.19. The molecule has 56 valence electrons. The molecule has 3 atom stereocenters. The zero-order valence-electron chi connectivity index (χ0n) is 5.52. The predicted octanol–water partition coefficient (Wildman–Crippen LogP) is -1.14. The smallest absolute Gasteiger partial charge is 0.0899 e. The summed E-state index contributed by atoms with van der Waals surface area (Å²) in [5.74, 6) is 0. The number of hydrogen-bond donors (Lipinski definition) is 3. The van der Waals surface area contributed by atoms with Gasteiger partial charge in [-0.2, -0.15) is 0 Å². The molecule has 3 nitrogen and oxygen atoms in total. The molecule has 0 radical (unpaired) electrons. The number of alkyl halides is 1. The minimum Gasteiger partial charge on any atom is -0.323 e. The number of halogens is 1. The Labute approximate surface area is 69.1 Å². The highest BCUT2D eigenvalue weighted by atomic mass is 127. The van der Waals surface area contributed by atoms with E-state index in [1.54, 1.807) is 0 Å². The number of hydrogen-bond acceptors (Lipinski definition) is 3. The molecule has 10 heavy (non-hydrogen) atoms. The molecule has 0 amide bonds. The van der Waals surface area contributed by atoms with Crippen LogP contribution in [0, 0.1) is 5.41 Å². The molecular formula is C6H10IN3. The van der Waals surface area contributed by atoms with E-state index in [-0.39, 0.29) is 35.1 Å². The van der Waals surface area contributed by atoms with Crippen LogP contribution < -0.4 is 17.2 Å². The Morgan fingerprint density at radius 2 is 1.90 bits per heavy atom. The Hall–Kier alpha value is 0.480. The Bertz CT molecular complexity index is 276. The van der Waals surface area contributed by atoms with Crippen LogP contribution in [0.5, 0.6) is 0 Å². The number of fused-ring (bicyclic) bond motifs is 1. The molecule has 0 aromatic rings. The van der Waals surface area contributed by atoms with Crippen molar-refractivity contribution in [3.63, 3.8) is 0 Å². The molecule has 3 fully saturated rings. The van der Waals surface area contributed by atoms with Crippen molar-refractivity contribution < 1.29 is 0 Å². The van der Waals surface area contributed by atoms with Crippen LogP contribution in [-0.4, -0.2) is 19.1 Å². The molecule has 0 saturated heterocycles. The van der Waals surface area contributed by atoms with Crippen LogP contribution in [0.15, 0.2) is 0 Å². The second-order valence-corrected chi connectivity index (χ2v) is 6.10. The van der Waals surface area contributed by atoms with Crippen LogP contribution in [0.1, 0.15) is 6.42 Å². The zero-order valence-corrected chi connectivity index (χ0v) is 7.68. The van der Waals surface area contributed by atoms with Crippen LogP contribution >= 0.6 is 20.7 Å². The largest absolute Gasteiger partial charge is 0.323 e. The lowest BCUT2D eigenvalue weighted by atomic mass is 10.2. The fourth-order valence-corrected chi connectivity index (χ4v) is 6.91. The first-order valence-electron chi connectivity index (χ1n) is 3.28. The van der Waals surface area contributed by atoms with Gasteiger partial charge in [0.1, 0.15) is 0 Å². The maximum absolute atomic E-state index is 5.97. The SMILES string of the molecule is C=IC12C(N)(N)[C@]13CC23N. The average molecular weight is 251 g/mol. The van der Waals surface area contributed by atoms with E-state index in [0.717, 1.165) is 6.42 Å². The van der Waals surface area contributed by atoms with Gasteiger partial charge in [-0.25, -0.2) is 0 Å². The molecule has 3 rings (SSSR count). The summed E-state index contributed by atoms with van der Waals surface area (Å²) in [5, 5.41) is 0. The van der Waals surface area contributed by atoms with E-state index in [2.05, 4.69) is 4.51 Å². The molecule has 0 heterocycles. The fourth-order valence-electron chi connectivity index (χ4n) is 2.99. The molecule has 3 aliphatic rings. The third-order valence-corrected chi connectivity index (χ3v) is 7.65. The van der Waals surface area contributed by atoms with Crippen molar-refractivity contribution in [3.05, 3.63) is 0 Å². The first-order valence-corrected chi connectivity index (χ1v) is 5.88. The van der Waals surface area contributed by atoms with Gasteiger partial charge >= 0.3 is 0 Å². The van der Waals surface area contributed by atoms with Gasteiger partial charge in [0.2, 0.25) is 0 Å². The van der Waals surface area contributed by atoms with E-state index in [4.69, 9.17) is 17.2 Å². The van der Waals surface area contributed by atoms with Gasteiger partial charge < -0.3 is 17.2 Å². The Morgan fingerprint density at radius 3 is 1.90 bits per heavy atom. The molecule has 0 aliphatic heterocycles. The monoisotopic (exact) mass is 251 g/mol. The van der Waals surface area contributed by atoms with Gasteiger partial charge in [0.25, 0.3) is 0 Å². The molecule has 1 spiro atoms. The standard InChI is InChI=1S/C6H10IN3/c1-7-5-3(6(5,9)10)2-4(3,5)8/h1-2,8-10H2/t3-,4?,5?/m0/s1. The van der Waals surface area contributed by atoms with E-state index < -0.39 is 5.66 Å². The third-order valence-electron chi connectivity index (χ3n) is 3.74. The van der Waals surface area contributed by atoms with E-state index >= 15 is 0 Å². The van der Waals surface area contributed by atoms with Crippen LogP contribution in [0.2, 0.25) is 0 Å². The summed E-state index contributed by atoms with van der Waals surface area (Å²) in [5.41, 5.74) is 17.5. The molecule has 3 aliphatic carbocycles. The van der Waals surface area contributed by atoms with Crippen molar-refractivity contribution in [2.75, 3.05) is 0 Å². The molecule has 4 heteroatoms. The summed E-state index contributed by atoms with van der Waals surface area (Å²) >= 11 is -0.115. The van der Waals surface area contributed by atoms with Gasteiger partial charge in [0, 0.05) is 11.0 Å². The quantitative estimate of drug-likeness (QED) is 0.313. The maximum atomic E-state index is 5.97. The first-order chi connectivity index (χ1) is 4.52.